The molecule has 7 heteroatoms. The third-order valence-electron chi connectivity index (χ3n) is 3.21. The number of hydrogen-bond donors (Lipinski definition) is 0. The molecule has 0 aliphatic rings. The molecule has 0 aromatic carbocycles. The molecule has 3 aromatic heterocycles. The maximum Gasteiger partial charge on any atom is 0.273 e. The van der Waals surface area contributed by atoms with E-state index in [1.165, 1.54) is 17.0 Å². The van der Waals surface area contributed by atoms with Crippen LogP contribution in [0.5, 0.6) is 0 Å². The van der Waals surface area contributed by atoms with Gasteiger partial charge in [0.1, 0.15) is 11.2 Å². The highest BCUT2D eigenvalue weighted by molar-refractivity contribution is 6.30. The first-order valence-corrected chi connectivity index (χ1v) is 6.89. The van der Waals surface area contributed by atoms with Crippen LogP contribution in [0.25, 0.3) is 11.2 Å². The number of aryl methyl sites for hydroxylation is 1. The van der Waals surface area contributed by atoms with Crippen LogP contribution in [-0.2, 0) is 6.54 Å². The average molecular weight is 315 g/mol. The number of rotatable bonds is 3. The van der Waals surface area contributed by atoms with E-state index in [9.17, 15) is 9.59 Å². The highest BCUT2D eigenvalue weighted by atomic mass is 35.5. The summed E-state index contributed by atoms with van der Waals surface area (Å²) in [5.41, 5.74) is 2.10. The zero-order valence-electron chi connectivity index (χ0n) is 11.7. The molecule has 0 aliphatic carbocycles. The number of halogens is 1. The highest BCUT2D eigenvalue weighted by Crippen LogP contribution is 2.12. The summed E-state index contributed by atoms with van der Waals surface area (Å²) in [6.45, 7) is 1.88. The minimum absolute atomic E-state index is 0.240. The summed E-state index contributed by atoms with van der Waals surface area (Å²) in [7, 11) is 0. The van der Waals surface area contributed by atoms with Crippen molar-refractivity contribution < 1.29 is 4.79 Å². The molecule has 0 unspecified atom stereocenters. The second-order valence-electron chi connectivity index (χ2n) is 4.79. The van der Waals surface area contributed by atoms with E-state index in [2.05, 4.69) is 15.0 Å². The molecule has 0 bridgehead atoms. The van der Waals surface area contributed by atoms with Gasteiger partial charge in [0.15, 0.2) is 11.9 Å². The molecule has 110 valence electrons. The lowest BCUT2D eigenvalue weighted by atomic mass is 10.2. The van der Waals surface area contributed by atoms with Crippen molar-refractivity contribution in [3.63, 3.8) is 0 Å². The smallest absolute Gasteiger partial charge is 0.273 e. The zero-order chi connectivity index (χ0) is 15.7. The minimum Gasteiger partial charge on any atom is -0.298 e. The van der Waals surface area contributed by atoms with Crippen LogP contribution >= 0.6 is 11.6 Å². The normalized spacial score (nSPS) is 10.8. The van der Waals surface area contributed by atoms with Gasteiger partial charge < -0.3 is 0 Å². The van der Waals surface area contributed by atoms with Crippen LogP contribution in [0.4, 0.5) is 0 Å². The van der Waals surface area contributed by atoms with Gasteiger partial charge in [-0.15, -0.1) is 0 Å². The molecular weight excluding hydrogens is 304 g/mol. The van der Waals surface area contributed by atoms with Crippen molar-refractivity contribution in [3.8, 4) is 0 Å². The predicted molar refractivity (Wildman–Crippen MR) is 82.3 cm³/mol. The van der Waals surface area contributed by atoms with Gasteiger partial charge in [-0.2, -0.15) is 0 Å². The van der Waals surface area contributed by atoms with Crippen molar-refractivity contribution in [2.24, 2.45) is 0 Å². The molecule has 3 aromatic rings. The Morgan fingerprint density at radius 2 is 2.09 bits per heavy atom. The second-order valence-corrected chi connectivity index (χ2v) is 5.22. The van der Waals surface area contributed by atoms with E-state index in [0.29, 0.717) is 39.4 Å². The van der Waals surface area contributed by atoms with Gasteiger partial charge in [0, 0.05) is 18.0 Å². The number of pyridine rings is 2. The Morgan fingerprint density at radius 1 is 1.27 bits per heavy atom. The van der Waals surface area contributed by atoms with Gasteiger partial charge in [-0.05, 0) is 25.1 Å². The topological polar surface area (TPSA) is 77.7 Å². The van der Waals surface area contributed by atoms with E-state index >= 15 is 0 Å². The molecule has 6 nitrogen and oxygen atoms in total. The third-order valence-corrected chi connectivity index (χ3v) is 3.44. The fourth-order valence-electron chi connectivity index (χ4n) is 2.14. The van der Waals surface area contributed by atoms with Crippen LogP contribution < -0.4 is 5.56 Å². The van der Waals surface area contributed by atoms with Gasteiger partial charge in [0.25, 0.3) is 5.56 Å². The number of fused-ring (bicyclic) bond motifs is 1. The molecule has 0 saturated heterocycles. The number of aromatic nitrogens is 4. The molecule has 0 N–H and O–H groups in total. The van der Waals surface area contributed by atoms with Crippen molar-refractivity contribution in [2.75, 3.05) is 0 Å². The standard InChI is InChI=1S/C15H11ClN4O2/c1-9-15(22)20(7-12-3-2-11(16)6-17-12)14-13(19-9)4-10(8-21)5-18-14/h2-6,8H,7H2,1H3. The molecule has 0 atom stereocenters. The van der Waals surface area contributed by atoms with Gasteiger partial charge in [-0.3, -0.25) is 19.1 Å². The van der Waals surface area contributed by atoms with Crippen molar-refractivity contribution >= 4 is 29.1 Å². The third kappa shape index (κ3) is 2.60. The van der Waals surface area contributed by atoms with Crippen LogP contribution in [0, 0.1) is 6.92 Å². The zero-order valence-corrected chi connectivity index (χ0v) is 12.4. The Balaban J connectivity index is 2.18. The van der Waals surface area contributed by atoms with Crippen LogP contribution in [0.2, 0.25) is 5.02 Å². The van der Waals surface area contributed by atoms with E-state index < -0.39 is 0 Å². The molecule has 3 heterocycles. The van der Waals surface area contributed by atoms with E-state index in [1.54, 1.807) is 25.1 Å². The molecule has 0 spiro atoms. The van der Waals surface area contributed by atoms with Crippen molar-refractivity contribution in [1.29, 1.82) is 0 Å². The Bertz CT molecular complexity index is 919. The number of hydrogen-bond acceptors (Lipinski definition) is 5. The molecule has 22 heavy (non-hydrogen) atoms. The minimum atomic E-state index is -0.240. The van der Waals surface area contributed by atoms with Gasteiger partial charge in [0.2, 0.25) is 0 Å². The quantitative estimate of drug-likeness (QED) is 0.691. The van der Waals surface area contributed by atoms with Crippen molar-refractivity contribution in [1.82, 2.24) is 19.5 Å². The summed E-state index contributed by atoms with van der Waals surface area (Å²) in [4.78, 5) is 35.8. The van der Waals surface area contributed by atoms with E-state index in [0.717, 1.165) is 0 Å². The van der Waals surface area contributed by atoms with Gasteiger partial charge in [0.05, 0.1) is 17.3 Å². The number of aldehydes is 1. The SMILES string of the molecule is Cc1nc2cc(C=O)cnc2n(Cc2ccc(Cl)cn2)c1=O. The fraction of sp³-hybridized carbons (Fsp3) is 0.133. The average Bonchev–Trinajstić information content (AvgIpc) is 2.53. The van der Waals surface area contributed by atoms with Gasteiger partial charge in [-0.25, -0.2) is 9.97 Å². The number of nitrogens with zero attached hydrogens (tertiary/aromatic N) is 4. The maximum absolute atomic E-state index is 12.3. The summed E-state index contributed by atoms with van der Waals surface area (Å²) < 4.78 is 1.49. The summed E-state index contributed by atoms with van der Waals surface area (Å²) in [6, 6.07) is 5.06. The first kappa shape index (κ1) is 14.3. The molecule has 0 radical (unpaired) electrons. The van der Waals surface area contributed by atoms with Crippen LogP contribution in [0.3, 0.4) is 0 Å². The predicted octanol–water partition coefficient (Wildman–Crippen LogP) is 2.01. The molecule has 0 aliphatic heterocycles. The number of carbonyl (C=O) groups is 1. The van der Waals surface area contributed by atoms with Gasteiger partial charge in [-0.1, -0.05) is 11.6 Å². The molecule has 3 rings (SSSR count). The Kier molecular flexibility index (Phi) is 3.68. The second kappa shape index (κ2) is 5.65. The van der Waals surface area contributed by atoms with Gasteiger partial charge >= 0.3 is 0 Å². The lowest BCUT2D eigenvalue weighted by Gasteiger charge is -2.10. The monoisotopic (exact) mass is 314 g/mol. The lowest BCUT2D eigenvalue weighted by molar-refractivity contribution is 0.112. The molecular formula is C15H11ClN4O2. The summed E-state index contributed by atoms with van der Waals surface area (Å²) in [5, 5.41) is 0.528. The Hall–Kier alpha value is -2.60. The highest BCUT2D eigenvalue weighted by Gasteiger charge is 2.11. The lowest BCUT2D eigenvalue weighted by Crippen LogP contribution is -2.25. The molecule has 0 fully saturated rings. The largest absolute Gasteiger partial charge is 0.298 e. The van der Waals surface area contributed by atoms with E-state index in [4.69, 9.17) is 11.6 Å². The van der Waals surface area contributed by atoms with E-state index in [1.807, 2.05) is 0 Å². The Labute approximate surface area is 130 Å². The Morgan fingerprint density at radius 3 is 2.77 bits per heavy atom. The summed E-state index contributed by atoms with van der Waals surface area (Å²) >= 11 is 5.81. The summed E-state index contributed by atoms with van der Waals surface area (Å²) in [5.74, 6) is 0. The van der Waals surface area contributed by atoms with Crippen molar-refractivity contribution in [3.05, 3.63) is 62.9 Å². The molecule has 0 saturated carbocycles. The fourth-order valence-corrected chi connectivity index (χ4v) is 2.26. The first-order chi connectivity index (χ1) is 10.6. The summed E-state index contributed by atoms with van der Waals surface area (Å²) in [6.07, 6.45) is 3.63. The van der Waals surface area contributed by atoms with Crippen LogP contribution in [0.1, 0.15) is 21.7 Å². The van der Waals surface area contributed by atoms with Crippen LogP contribution in [-0.4, -0.2) is 25.8 Å². The maximum atomic E-state index is 12.3. The van der Waals surface area contributed by atoms with Crippen molar-refractivity contribution in [2.45, 2.75) is 13.5 Å². The number of carbonyl (C=O) groups excluding carboxylic acids is 1. The molecule has 0 amide bonds. The van der Waals surface area contributed by atoms with Crippen LogP contribution in [0.15, 0.2) is 35.4 Å². The van der Waals surface area contributed by atoms with E-state index in [-0.39, 0.29) is 12.1 Å². The first-order valence-electron chi connectivity index (χ1n) is 6.51.